The number of hydrogen-bond acceptors (Lipinski definition) is 6. The van der Waals surface area contributed by atoms with Crippen LogP contribution >= 0.6 is 11.6 Å². The van der Waals surface area contributed by atoms with Crippen LogP contribution in [0.5, 0.6) is 0 Å². The van der Waals surface area contributed by atoms with Gasteiger partial charge in [-0.05, 0) is 25.1 Å². The highest BCUT2D eigenvalue weighted by molar-refractivity contribution is 6.34. The molecule has 0 aliphatic carbocycles. The molecule has 0 spiro atoms. The van der Waals surface area contributed by atoms with E-state index in [0.29, 0.717) is 11.5 Å². The average Bonchev–Trinajstić information content (AvgIpc) is 3.18. The first-order chi connectivity index (χ1) is 13.3. The predicted molar refractivity (Wildman–Crippen MR) is 101 cm³/mol. The smallest absolute Gasteiger partial charge is 0.265 e. The lowest BCUT2D eigenvalue weighted by Gasteiger charge is -2.17. The number of carbonyl (C=O) groups is 2. The van der Waals surface area contributed by atoms with Gasteiger partial charge in [0.05, 0.1) is 16.3 Å². The van der Waals surface area contributed by atoms with Gasteiger partial charge in [0.15, 0.2) is 0 Å². The predicted octanol–water partition coefficient (Wildman–Crippen LogP) is 1.93. The number of fused-ring (bicyclic) bond motifs is 1. The van der Waals surface area contributed by atoms with E-state index in [1.807, 2.05) is 0 Å². The quantitative estimate of drug-likeness (QED) is 0.830. The highest BCUT2D eigenvalue weighted by Gasteiger charge is 2.35. The molecule has 1 aromatic carbocycles. The van der Waals surface area contributed by atoms with E-state index >= 15 is 0 Å². The Labute approximate surface area is 163 Å². The third-order valence-corrected chi connectivity index (χ3v) is 4.44. The zero-order chi connectivity index (χ0) is 20.0. The summed E-state index contributed by atoms with van der Waals surface area (Å²) in [6, 6.07) is 5.04. The maximum atomic E-state index is 13.2. The van der Waals surface area contributed by atoms with Crippen LogP contribution in [0.4, 0.5) is 10.2 Å². The molecule has 11 heteroatoms. The fraction of sp³-hybridized carbons (Fsp3) is 0.176. The molecule has 0 saturated heterocycles. The van der Waals surface area contributed by atoms with E-state index in [1.54, 1.807) is 20.0 Å². The highest BCUT2D eigenvalue weighted by atomic mass is 35.5. The number of carbonyl (C=O) groups excluding carboxylic acids is 2. The summed E-state index contributed by atoms with van der Waals surface area (Å²) < 4.78 is 14.5. The molecule has 0 saturated carbocycles. The van der Waals surface area contributed by atoms with Crippen molar-refractivity contribution in [3.05, 3.63) is 46.4 Å². The SMILES string of the molecule is Cc1cc(NC(=O)c2ccc(F)cc2Cl)n(C2=NC(=O)C3C=NN(C)C3=N2)n1. The van der Waals surface area contributed by atoms with Gasteiger partial charge in [0, 0.05) is 19.3 Å². The van der Waals surface area contributed by atoms with Gasteiger partial charge < -0.3 is 5.32 Å². The lowest BCUT2D eigenvalue weighted by atomic mass is 10.1. The lowest BCUT2D eigenvalue weighted by Crippen LogP contribution is -2.35. The molecule has 1 unspecified atom stereocenters. The van der Waals surface area contributed by atoms with Crippen LogP contribution in [0.3, 0.4) is 0 Å². The Morgan fingerprint density at radius 1 is 1.29 bits per heavy atom. The molecule has 142 valence electrons. The molecule has 3 heterocycles. The highest BCUT2D eigenvalue weighted by Crippen LogP contribution is 2.22. The van der Waals surface area contributed by atoms with E-state index in [1.165, 1.54) is 22.0 Å². The summed E-state index contributed by atoms with van der Waals surface area (Å²) in [7, 11) is 1.67. The summed E-state index contributed by atoms with van der Waals surface area (Å²) in [6.45, 7) is 1.71. The van der Waals surface area contributed by atoms with Crippen molar-refractivity contribution in [2.45, 2.75) is 6.92 Å². The first-order valence-corrected chi connectivity index (χ1v) is 8.53. The first-order valence-electron chi connectivity index (χ1n) is 8.16. The zero-order valence-electron chi connectivity index (χ0n) is 14.7. The van der Waals surface area contributed by atoms with Gasteiger partial charge in [-0.2, -0.15) is 24.9 Å². The van der Waals surface area contributed by atoms with Gasteiger partial charge in [-0.15, -0.1) is 0 Å². The number of anilines is 1. The molecule has 2 aliphatic heterocycles. The van der Waals surface area contributed by atoms with Crippen molar-refractivity contribution in [2.24, 2.45) is 21.0 Å². The van der Waals surface area contributed by atoms with Crippen LogP contribution in [-0.4, -0.2) is 51.7 Å². The maximum absolute atomic E-state index is 13.2. The Morgan fingerprint density at radius 3 is 2.82 bits per heavy atom. The summed E-state index contributed by atoms with van der Waals surface area (Å²) in [5.74, 6) is -1.52. The van der Waals surface area contributed by atoms with Crippen LogP contribution in [0, 0.1) is 18.7 Å². The van der Waals surface area contributed by atoms with Crippen LogP contribution in [0.25, 0.3) is 0 Å². The molecule has 0 bridgehead atoms. The van der Waals surface area contributed by atoms with E-state index in [9.17, 15) is 14.0 Å². The monoisotopic (exact) mass is 401 g/mol. The number of halogens is 2. The fourth-order valence-electron chi connectivity index (χ4n) is 2.80. The second-order valence-electron chi connectivity index (χ2n) is 6.15. The number of amides is 2. The second-order valence-corrected chi connectivity index (χ2v) is 6.55. The average molecular weight is 402 g/mol. The van der Waals surface area contributed by atoms with E-state index in [2.05, 4.69) is 25.5 Å². The number of hydrazone groups is 1. The Hall–Kier alpha value is -3.40. The Balaban J connectivity index is 1.67. The zero-order valence-corrected chi connectivity index (χ0v) is 15.5. The minimum absolute atomic E-state index is 0.00204. The molecule has 1 N–H and O–H groups in total. The number of aromatic nitrogens is 2. The van der Waals surface area contributed by atoms with Gasteiger partial charge in [0.1, 0.15) is 23.4 Å². The molecule has 1 aromatic heterocycles. The minimum Gasteiger partial charge on any atom is -0.306 e. The summed E-state index contributed by atoms with van der Waals surface area (Å²) >= 11 is 5.95. The van der Waals surface area contributed by atoms with Crippen LogP contribution < -0.4 is 5.32 Å². The van der Waals surface area contributed by atoms with Crippen molar-refractivity contribution in [2.75, 3.05) is 12.4 Å². The third kappa shape index (κ3) is 3.07. The summed E-state index contributed by atoms with van der Waals surface area (Å²) in [4.78, 5) is 33.1. The summed E-state index contributed by atoms with van der Waals surface area (Å²) in [5, 5.41) is 12.4. The summed E-state index contributed by atoms with van der Waals surface area (Å²) in [5.41, 5.74) is 0.652. The van der Waals surface area contributed by atoms with Crippen LogP contribution in [0.1, 0.15) is 16.1 Å². The van der Waals surface area contributed by atoms with E-state index in [-0.39, 0.29) is 22.4 Å². The number of nitrogens with one attached hydrogen (secondary N) is 1. The Kier molecular flexibility index (Phi) is 4.27. The van der Waals surface area contributed by atoms with Crippen molar-refractivity contribution in [3.63, 3.8) is 0 Å². The number of nitrogens with zero attached hydrogens (tertiary/aromatic N) is 6. The van der Waals surface area contributed by atoms with Crippen molar-refractivity contribution < 1.29 is 14.0 Å². The topological polar surface area (TPSA) is 104 Å². The number of rotatable bonds is 2. The largest absolute Gasteiger partial charge is 0.306 e. The molecular formula is C17H13ClFN7O2. The number of aryl methyl sites for hydroxylation is 1. The van der Waals surface area contributed by atoms with E-state index in [0.717, 1.165) is 12.1 Å². The van der Waals surface area contributed by atoms with Crippen LogP contribution in [-0.2, 0) is 4.79 Å². The summed E-state index contributed by atoms with van der Waals surface area (Å²) in [6.07, 6.45) is 1.47. The van der Waals surface area contributed by atoms with Crippen molar-refractivity contribution >= 4 is 47.2 Å². The number of benzene rings is 1. The van der Waals surface area contributed by atoms with Gasteiger partial charge in [0.25, 0.3) is 17.8 Å². The molecule has 0 fully saturated rings. The number of amidine groups is 1. The molecule has 9 nitrogen and oxygen atoms in total. The molecule has 0 radical (unpaired) electrons. The Bertz CT molecular complexity index is 1100. The molecule has 28 heavy (non-hydrogen) atoms. The fourth-order valence-corrected chi connectivity index (χ4v) is 3.05. The van der Waals surface area contributed by atoms with Gasteiger partial charge >= 0.3 is 0 Å². The van der Waals surface area contributed by atoms with Crippen molar-refractivity contribution in [3.8, 4) is 0 Å². The van der Waals surface area contributed by atoms with E-state index < -0.39 is 23.5 Å². The van der Waals surface area contributed by atoms with Gasteiger partial charge in [-0.25, -0.2) is 4.39 Å². The van der Waals surface area contributed by atoms with Gasteiger partial charge in [-0.3, -0.25) is 14.6 Å². The lowest BCUT2D eigenvalue weighted by molar-refractivity contribution is -0.118. The van der Waals surface area contributed by atoms with Crippen molar-refractivity contribution in [1.29, 1.82) is 0 Å². The molecular weight excluding hydrogens is 389 g/mol. The third-order valence-electron chi connectivity index (χ3n) is 4.13. The molecule has 2 aromatic rings. The number of hydrogen-bond donors (Lipinski definition) is 1. The normalized spacial score (nSPS) is 18.1. The maximum Gasteiger partial charge on any atom is 0.265 e. The minimum atomic E-state index is -0.624. The molecule has 2 amide bonds. The molecule has 2 aliphatic rings. The number of aliphatic imine (C=N–C) groups is 2. The van der Waals surface area contributed by atoms with Gasteiger partial charge in [-0.1, -0.05) is 11.6 Å². The first kappa shape index (κ1) is 18.0. The van der Waals surface area contributed by atoms with Crippen molar-refractivity contribution in [1.82, 2.24) is 14.8 Å². The van der Waals surface area contributed by atoms with Crippen LogP contribution in [0.2, 0.25) is 5.02 Å². The van der Waals surface area contributed by atoms with E-state index in [4.69, 9.17) is 11.6 Å². The molecule has 1 atom stereocenters. The molecule has 4 rings (SSSR count). The standard InChI is InChI=1S/C17H13ClFN7O2/c1-8-5-13(21-15(27)10-4-3-9(19)6-12(10)18)26(24-8)17-22-14-11(16(28)23-17)7-20-25(14)2/h3-7,11H,1-2H3,(H,21,27). The van der Waals surface area contributed by atoms with Crippen LogP contribution in [0.15, 0.2) is 39.4 Å². The second kappa shape index (κ2) is 6.64. The Morgan fingerprint density at radius 2 is 2.07 bits per heavy atom. The van der Waals surface area contributed by atoms with Gasteiger partial charge in [0.2, 0.25) is 0 Å².